The molecular formula is C19H15ClN2O2. The third kappa shape index (κ3) is 3.55. The van der Waals surface area contributed by atoms with Gasteiger partial charge in [-0.25, -0.2) is 5.43 Å². The van der Waals surface area contributed by atoms with Crippen molar-refractivity contribution in [2.45, 2.75) is 0 Å². The molecule has 5 heteroatoms. The number of benzene rings is 3. The smallest absolute Gasteiger partial charge is 0.275 e. The van der Waals surface area contributed by atoms with Crippen molar-refractivity contribution in [3.8, 4) is 5.75 Å². The average Bonchev–Trinajstić information content (AvgIpc) is 2.62. The monoisotopic (exact) mass is 338 g/mol. The molecule has 0 radical (unpaired) electrons. The molecule has 0 aromatic heterocycles. The van der Waals surface area contributed by atoms with Gasteiger partial charge in [-0.15, -0.1) is 0 Å². The number of nitrogens with zero attached hydrogens (tertiary/aromatic N) is 1. The molecule has 0 aliphatic rings. The fraction of sp³-hybridized carbons (Fsp3) is 0.0526. The van der Waals surface area contributed by atoms with Crippen LogP contribution in [0.1, 0.15) is 15.9 Å². The molecule has 0 saturated heterocycles. The summed E-state index contributed by atoms with van der Waals surface area (Å²) in [7, 11) is 1.54. The zero-order valence-corrected chi connectivity index (χ0v) is 13.7. The van der Waals surface area contributed by atoms with E-state index in [9.17, 15) is 4.79 Å². The highest BCUT2D eigenvalue weighted by Gasteiger charge is 2.13. The second kappa shape index (κ2) is 7.15. The first-order valence-electron chi connectivity index (χ1n) is 7.33. The van der Waals surface area contributed by atoms with E-state index in [-0.39, 0.29) is 5.91 Å². The van der Waals surface area contributed by atoms with E-state index in [4.69, 9.17) is 16.3 Å². The zero-order chi connectivity index (χ0) is 16.9. The average molecular weight is 339 g/mol. The van der Waals surface area contributed by atoms with Crippen LogP contribution in [0.15, 0.2) is 65.8 Å². The maximum Gasteiger partial charge on any atom is 0.275 e. The number of hydrogen-bond acceptors (Lipinski definition) is 3. The Hall–Kier alpha value is -2.85. The molecule has 0 spiro atoms. The van der Waals surface area contributed by atoms with Gasteiger partial charge in [0.05, 0.1) is 18.9 Å². The van der Waals surface area contributed by atoms with E-state index < -0.39 is 0 Å². The van der Waals surface area contributed by atoms with Gasteiger partial charge in [0.2, 0.25) is 0 Å². The Morgan fingerprint density at radius 1 is 1.08 bits per heavy atom. The number of hydrogen-bond donors (Lipinski definition) is 1. The van der Waals surface area contributed by atoms with E-state index in [0.29, 0.717) is 16.3 Å². The van der Waals surface area contributed by atoms with Gasteiger partial charge < -0.3 is 4.74 Å². The minimum atomic E-state index is -0.331. The van der Waals surface area contributed by atoms with Crippen molar-refractivity contribution in [2.24, 2.45) is 5.10 Å². The number of methoxy groups -OCH3 is 1. The largest absolute Gasteiger partial charge is 0.496 e. The molecule has 3 aromatic rings. The lowest BCUT2D eigenvalue weighted by Gasteiger charge is -2.09. The lowest BCUT2D eigenvalue weighted by Crippen LogP contribution is -2.18. The summed E-state index contributed by atoms with van der Waals surface area (Å²) in [5.41, 5.74) is 3.79. The van der Waals surface area contributed by atoms with Crippen molar-refractivity contribution in [3.63, 3.8) is 0 Å². The number of carbonyl (C=O) groups is 1. The maximum atomic E-state index is 12.4. The van der Waals surface area contributed by atoms with Crippen molar-refractivity contribution in [1.82, 2.24) is 5.43 Å². The van der Waals surface area contributed by atoms with Crippen LogP contribution in [0.5, 0.6) is 5.75 Å². The number of halogens is 1. The molecule has 1 N–H and O–H groups in total. The molecule has 0 aliphatic carbocycles. The normalized spacial score (nSPS) is 10.9. The summed E-state index contributed by atoms with van der Waals surface area (Å²) in [5.74, 6) is 0.177. The van der Waals surface area contributed by atoms with E-state index in [2.05, 4.69) is 10.5 Å². The van der Waals surface area contributed by atoms with E-state index >= 15 is 0 Å². The number of rotatable bonds is 4. The number of ether oxygens (including phenoxy) is 1. The fourth-order valence-electron chi connectivity index (χ4n) is 2.34. The maximum absolute atomic E-state index is 12.4. The molecule has 0 heterocycles. The molecule has 1 amide bonds. The topological polar surface area (TPSA) is 50.7 Å². The molecule has 0 aliphatic heterocycles. The number of carbonyl (C=O) groups excluding carboxylic acids is 1. The lowest BCUT2D eigenvalue weighted by molar-refractivity contribution is 0.0952. The highest BCUT2D eigenvalue weighted by molar-refractivity contribution is 6.30. The van der Waals surface area contributed by atoms with Crippen LogP contribution in [-0.2, 0) is 0 Å². The van der Waals surface area contributed by atoms with Crippen molar-refractivity contribution in [1.29, 1.82) is 0 Å². The Bertz CT molecular complexity index is 905. The summed E-state index contributed by atoms with van der Waals surface area (Å²) in [5, 5.41) is 6.60. The van der Waals surface area contributed by atoms with Crippen LogP contribution in [0.3, 0.4) is 0 Å². The summed E-state index contributed by atoms with van der Waals surface area (Å²) in [4.78, 5) is 12.4. The van der Waals surface area contributed by atoms with Gasteiger partial charge in [-0.3, -0.25) is 4.79 Å². The SMILES string of the molecule is COc1cc2ccccc2cc1C(=O)N/N=C/c1ccc(Cl)cc1. The Labute approximate surface area is 144 Å². The lowest BCUT2D eigenvalue weighted by atomic mass is 10.1. The molecule has 0 bridgehead atoms. The molecule has 3 aromatic carbocycles. The van der Waals surface area contributed by atoms with E-state index in [0.717, 1.165) is 16.3 Å². The van der Waals surface area contributed by atoms with Crippen LogP contribution in [0.2, 0.25) is 5.02 Å². The molecule has 0 unspecified atom stereocenters. The van der Waals surface area contributed by atoms with Crippen LogP contribution in [-0.4, -0.2) is 19.2 Å². The van der Waals surface area contributed by atoms with Gasteiger partial charge in [0, 0.05) is 5.02 Å². The van der Waals surface area contributed by atoms with Crippen LogP contribution in [0.25, 0.3) is 10.8 Å². The van der Waals surface area contributed by atoms with E-state index in [1.807, 2.05) is 42.5 Å². The molecule has 0 saturated carbocycles. The minimum Gasteiger partial charge on any atom is -0.496 e. The van der Waals surface area contributed by atoms with Crippen LogP contribution in [0, 0.1) is 0 Å². The van der Waals surface area contributed by atoms with E-state index in [1.165, 1.54) is 7.11 Å². The van der Waals surface area contributed by atoms with Crippen LogP contribution in [0.4, 0.5) is 0 Å². The summed E-state index contributed by atoms with van der Waals surface area (Å²) >= 11 is 5.83. The number of fused-ring (bicyclic) bond motifs is 1. The Kier molecular flexibility index (Phi) is 4.77. The third-order valence-electron chi connectivity index (χ3n) is 3.56. The second-order valence-corrected chi connectivity index (χ2v) is 5.59. The molecule has 4 nitrogen and oxygen atoms in total. The van der Waals surface area contributed by atoms with Crippen LogP contribution < -0.4 is 10.2 Å². The molecular weight excluding hydrogens is 324 g/mol. The van der Waals surface area contributed by atoms with Crippen molar-refractivity contribution in [3.05, 3.63) is 76.8 Å². The summed E-state index contributed by atoms with van der Waals surface area (Å²) in [6.45, 7) is 0. The Morgan fingerprint density at radius 3 is 2.42 bits per heavy atom. The highest BCUT2D eigenvalue weighted by Crippen LogP contribution is 2.25. The predicted molar refractivity (Wildman–Crippen MR) is 97.0 cm³/mol. The van der Waals surface area contributed by atoms with Crippen molar-refractivity contribution >= 4 is 34.5 Å². The van der Waals surface area contributed by atoms with Gasteiger partial charge in [-0.05, 0) is 40.6 Å². The zero-order valence-electron chi connectivity index (χ0n) is 13.0. The van der Waals surface area contributed by atoms with Gasteiger partial charge in [0.25, 0.3) is 5.91 Å². The first-order chi connectivity index (χ1) is 11.7. The van der Waals surface area contributed by atoms with Gasteiger partial charge in [-0.2, -0.15) is 5.10 Å². The predicted octanol–water partition coefficient (Wildman–Crippen LogP) is 4.27. The van der Waals surface area contributed by atoms with Crippen molar-refractivity contribution in [2.75, 3.05) is 7.11 Å². The van der Waals surface area contributed by atoms with Crippen molar-refractivity contribution < 1.29 is 9.53 Å². The fourth-order valence-corrected chi connectivity index (χ4v) is 2.47. The summed E-state index contributed by atoms with van der Waals surface area (Å²) in [6.07, 6.45) is 1.56. The van der Waals surface area contributed by atoms with Crippen LogP contribution >= 0.6 is 11.6 Å². The van der Waals surface area contributed by atoms with Gasteiger partial charge in [0.1, 0.15) is 5.75 Å². The highest BCUT2D eigenvalue weighted by atomic mass is 35.5. The molecule has 120 valence electrons. The Balaban J connectivity index is 1.81. The number of nitrogens with one attached hydrogen (secondary N) is 1. The first-order valence-corrected chi connectivity index (χ1v) is 7.71. The second-order valence-electron chi connectivity index (χ2n) is 5.15. The molecule has 0 atom stereocenters. The molecule has 0 fully saturated rings. The number of hydrazone groups is 1. The summed E-state index contributed by atoms with van der Waals surface area (Å²) < 4.78 is 5.32. The quantitative estimate of drug-likeness (QED) is 0.570. The summed E-state index contributed by atoms with van der Waals surface area (Å²) in [6, 6.07) is 18.6. The first kappa shape index (κ1) is 16.0. The Morgan fingerprint density at radius 2 is 1.75 bits per heavy atom. The standard InChI is InChI=1S/C19H15ClN2O2/c1-24-18-11-15-5-3-2-4-14(15)10-17(18)19(23)22-21-12-13-6-8-16(20)9-7-13/h2-12H,1H3,(H,22,23)/b21-12+. The van der Waals surface area contributed by atoms with E-state index in [1.54, 1.807) is 24.4 Å². The van der Waals surface area contributed by atoms with Gasteiger partial charge in [0.15, 0.2) is 0 Å². The molecule has 3 rings (SSSR count). The third-order valence-corrected chi connectivity index (χ3v) is 3.81. The van der Waals surface area contributed by atoms with Gasteiger partial charge in [-0.1, -0.05) is 48.0 Å². The van der Waals surface area contributed by atoms with Gasteiger partial charge >= 0.3 is 0 Å². The molecule has 24 heavy (non-hydrogen) atoms. The minimum absolute atomic E-state index is 0.331. The number of amides is 1.